The molecule has 0 amide bonds. The number of ether oxygens (including phenoxy) is 3. The Labute approximate surface area is 420 Å². The lowest BCUT2D eigenvalue weighted by Crippen LogP contribution is -2.30. The first-order chi connectivity index (χ1) is 33.5. The Morgan fingerprint density at radius 1 is 0.309 bits per heavy atom. The zero-order chi connectivity index (χ0) is 49.3. The number of hydrogen-bond acceptors (Lipinski definition) is 6. The van der Waals surface area contributed by atoms with E-state index in [4.69, 9.17) is 14.2 Å². The van der Waals surface area contributed by atoms with E-state index in [1.54, 1.807) is 0 Å². The third-order valence-electron chi connectivity index (χ3n) is 12.2. The van der Waals surface area contributed by atoms with Gasteiger partial charge in [-0.15, -0.1) is 0 Å². The Bertz CT molecular complexity index is 1320. The van der Waals surface area contributed by atoms with E-state index in [9.17, 15) is 14.4 Å². The normalized spacial score (nSPS) is 12.7. The Morgan fingerprint density at radius 3 is 1.01 bits per heavy atom. The number of allylic oxidation sites excluding steroid dienone is 14. The van der Waals surface area contributed by atoms with Crippen molar-refractivity contribution >= 4 is 17.9 Å². The maximum Gasteiger partial charge on any atom is 0.306 e. The first-order valence-corrected chi connectivity index (χ1v) is 28.6. The minimum Gasteiger partial charge on any atom is -0.462 e. The van der Waals surface area contributed by atoms with Gasteiger partial charge in [0.05, 0.1) is 0 Å². The fourth-order valence-corrected chi connectivity index (χ4v) is 7.85. The molecule has 0 bridgehead atoms. The van der Waals surface area contributed by atoms with Crippen molar-refractivity contribution in [3.63, 3.8) is 0 Å². The number of esters is 3. The molecule has 0 aromatic rings. The second-order valence-electron chi connectivity index (χ2n) is 18.9. The summed E-state index contributed by atoms with van der Waals surface area (Å²) in [7, 11) is 0. The van der Waals surface area contributed by atoms with Crippen LogP contribution in [0.4, 0.5) is 0 Å². The van der Waals surface area contributed by atoms with Gasteiger partial charge in [-0.2, -0.15) is 0 Å². The van der Waals surface area contributed by atoms with Gasteiger partial charge >= 0.3 is 17.9 Å². The van der Waals surface area contributed by atoms with Gasteiger partial charge in [-0.1, -0.05) is 254 Å². The molecule has 0 N–H and O–H groups in total. The number of carbonyl (C=O) groups excluding carboxylic acids is 3. The summed E-state index contributed by atoms with van der Waals surface area (Å²) in [6.45, 7) is 6.55. The standard InChI is InChI=1S/C62H106O6/c1-4-7-10-13-16-19-22-25-28-30-32-34-37-40-43-46-49-52-55-61(64)67-58-59(57-66-60(63)54-51-48-45-42-39-36-33-27-24-21-18-15-12-9-6-3)68-62(65)56-53-50-47-44-41-38-35-31-29-26-23-20-17-14-11-8-5-2/h17,20,22,25-26,28-30,32,34-35,38,44,47,59H,4-16,18-19,21,23-24,27,31,33,36-37,39-43,45-46,48-58H2,1-3H3/b20-17-,25-22-,29-26-,30-28-,34-32-,38-35-,47-44-. The van der Waals surface area contributed by atoms with Crippen molar-refractivity contribution in [1.29, 1.82) is 0 Å². The van der Waals surface area contributed by atoms with Crippen molar-refractivity contribution in [3.05, 3.63) is 85.1 Å². The van der Waals surface area contributed by atoms with Gasteiger partial charge in [0.2, 0.25) is 0 Å². The molecular weight excluding hydrogens is 841 g/mol. The fourth-order valence-electron chi connectivity index (χ4n) is 7.85. The lowest BCUT2D eigenvalue weighted by atomic mass is 10.0. The smallest absolute Gasteiger partial charge is 0.306 e. The van der Waals surface area contributed by atoms with Gasteiger partial charge in [-0.25, -0.2) is 0 Å². The monoisotopic (exact) mass is 947 g/mol. The summed E-state index contributed by atoms with van der Waals surface area (Å²) in [5.74, 6) is -0.974. The van der Waals surface area contributed by atoms with Crippen LogP contribution in [-0.2, 0) is 28.6 Å². The summed E-state index contributed by atoms with van der Waals surface area (Å²) < 4.78 is 16.8. The SMILES string of the molecule is CCCCC/C=C\C/C=C\C/C=C\C/C=C\CCCC(=O)OC(COC(=O)CCCCCCC\C=C/C=C\C=C/CCCCCCC)COC(=O)CCCCCCCCCCCCCCCCC. The van der Waals surface area contributed by atoms with E-state index in [0.717, 1.165) is 89.9 Å². The number of carbonyl (C=O) groups is 3. The molecule has 0 heterocycles. The van der Waals surface area contributed by atoms with Crippen LogP contribution in [0.1, 0.15) is 271 Å². The molecule has 0 aliphatic rings. The first kappa shape index (κ1) is 64.6. The molecule has 0 aromatic carbocycles. The highest BCUT2D eigenvalue weighted by molar-refractivity contribution is 5.71. The molecule has 6 heteroatoms. The van der Waals surface area contributed by atoms with Gasteiger partial charge in [0.1, 0.15) is 13.2 Å². The molecule has 0 saturated carbocycles. The highest BCUT2D eigenvalue weighted by Gasteiger charge is 2.19. The highest BCUT2D eigenvalue weighted by Crippen LogP contribution is 2.15. The first-order valence-electron chi connectivity index (χ1n) is 28.6. The zero-order valence-electron chi connectivity index (χ0n) is 44.6. The Hall–Kier alpha value is -3.41. The Balaban J connectivity index is 4.50. The topological polar surface area (TPSA) is 78.9 Å². The van der Waals surface area contributed by atoms with Crippen molar-refractivity contribution in [1.82, 2.24) is 0 Å². The van der Waals surface area contributed by atoms with E-state index in [-0.39, 0.29) is 37.5 Å². The minimum absolute atomic E-state index is 0.103. The molecule has 390 valence electrons. The maximum atomic E-state index is 12.8. The van der Waals surface area contributed by atoms with Crippen LogP contribution in [0, 0.1) is 0 Å². The third kappa shape index (κ3) is 53.5. The lowest BCUT2D eigenvalue weighted by Gasteiger charge is -2.18. The molecule has 68 heavy (non-hydrogen) atoms. The molecule has 0 rings (SSSR count). The predicted molar refractivity (Wildman–Crippen MR) is 293 cm³/mol. The van der Waals surface area contributed by atoms with Gasteiger partial charge in [0.15, 0.2) is 6.10 Å². The van der Waals surface area contributed by atoms with Crippen LogP contribution in [0.3, 0.4) is 0 Å². The van der Waals surface area contributed by atoms with Crippen molar-refractivity contribution in [3.8, 4) is 0 Å². The average Bonchev–Trinajstić information content (AvgIpc) is 3.34. The molecule has 0 radical (unpaired) electrons. The average molecular weight is 948 g/mol. The molecule has 0 aromatic heterocycles. The predicted octanol–water partition coefficient (Wildman–Crippen LogP) is 19.2. The van der Waals surface area contributed by atoms with Gasteiger partial charge in [-0.05, 0) is 83.5 Å². The summed E-state index contributed by atoms with van der Waals surface area (Å²) >= 11 is 0. The Morgan fingerprint density at radius 2 is 0.603 bits per heavy atom. The van der Waals surface area contributed by atoms with Crippen LogP contribution in [0.25, 0.3) is 0 Å². The van der Waals surface area contributed by atoms with E-state index < -0.39 is 6.10 Å². The van der Waals surface area contributed by atoms with Crippen LogP contribution in [0.2, 0.25) is 0 Å². The lowest BCUT2D eigenvalue weighted by molar-refractivity contribution is -0.167. The van der Waals surface area contributed by atoms with Crippen molar-refractivity contribution in [2.75, 3.05) is 13.2 Å². The molecule has 0 saturated heterocycles. The van der Waals surface area contributed by atoms with E-state index in [1.165, 1.54) is 135 Å². The Kier molecular flexibility index (Phi) is 53.4. The molecule has 0 aliphatic heterocycles. The zero-order valence-corrected chi connectivity index (χ0v) is 44.6. The van der Waals surface area contributed by atoms with Crippen LogP contribution >= 0.6 is 0 Å². The fraction of sp³-hybridized carbons (Fsp3) is 0.726. The van der Waals surface area contributed by atoms with Crippen molar-refractivity contribution in [2.24, 2.45) is 0 Å². The molecule has 0 fully saturated rings. The van der Waals surface area contributed by atoms with Gasteiger partial charge in [0.25, 0.3) is 0 Å². The quantitative estimate of drug-likeness (QED) is 0.0199. The summed E-state index contributed by atoms with van der Waals surface area (Å²) in [5, 5.41) is 0. The van der Waals surface area contributed by atoms with Crippen molar-refractivity contribution in [2.45, 2.75) is 277 Å². The second kappa shape index (κ2) is 56.2. The van der Waals surface area contributed by atoms with Crippen LogP contribution < -0.4 is 0 Å². The second-order valence-corrected chi connectivity index (χ2v) is 18.9. The molecule has 1 atom stereocenters. The van der Waals surface area contributed by atoms with E-state index in [1.807, 2.05) is 0 Å². The van der Waals surface area contributed by atoms with Crippen molar-refractivity contribution < 1.29 is 28.6 Å². The maximum absolute atomic E-state index is 12.8. The van der Waals surface area contributed by atoms with Gasteiger partial charge in [0, 0.05) is 19.3 Å². The molecule has 0 aliphatic carbocycles. The minimum atomic E-state index is -0.813. The summed E-state index contributed by atoms with van der Waals surface area (Å²) in [4.78, 5) is 38.1. The molecule has 1 unspecified atom stereocenters. The van der Waals surface area contributed by atoms with Crippen LogP contribution in [0.5, 0.6) is 0 Å². The van der Waals surface area contributed by atoms with Crippen LogP contribution in [-0.4, -0.2) is 37.2 Å². The third-order valence-corrected chi connectivity index (χ3v) is 12.2. The number of hydrogen-bond donors (Lipinski definition) is 0. The van der Waals surface area contributed by atoms with Gasteiger partial charge < -0.3 is 14.2 Å². The molecular formula is C62H106O6. The molecule has 6 nitrogen and oxygen atoms in total. The van der Waals surface area contributed by atoms with E-state index in [0.29, 0.717) is 19.3 Å². The summed E-state index contributed by atoms with van der Waals surface area (Å²) in [6.07, 6.45) is 72.8. The van der Waals surface area contributed by atoms with Gasteiger partial charge in [-0.3, -0.25) is 14.4 Å². The van der Waals surface area contributed by atoms with Crippen LogP contribution in [0.15, 0.2) is 85.1 Å². The highest BCUT2D eigenvalue weighted by atomic mass is 16.6. The summed E-state index contributed by atoms with van der Waals surface area (Å²) in [6, 6.07) is 0. The number of rotatable bonds is 51. The van der Waals surface area contributed by atoms with E-state index >= 15 is 0 Å². The molecule has 0 spiro atoms. The van der Waals surface area contributed by atoms with E-state index in [2.05, 4.69) is 106 Å². The summed E-state index contributed by atoms with van der Waals surface area (Å²) in [5.41, 5.74) is 0. The largest absolute Gasteiger partial charge is 0.462 e. The number of unbranched alkanes of at least 4 members (excludes halogenated alkanes) is 28.